The molecule has 0 fully saturated rings. The molecule has 0 unspecified atom stereocenters. The van der Waals surface area contributed by atoms with Crippen molar-refractivity contribution in [2.24, 2.45) is 0 Å². The molecule has 0 N–H and O–H groups in total. The summed E-state index contributed by atoms with van der Waals surface area (Å²) in [6.45, 7) is 0.732. The Labute approximate surface area is 108 Å². The number of carbonyl (C=O) groups is 1. The van der Waals surface area contributed by atoms with Gasteiger partial charge in [-0.2, -0.15) is 0 Å². The van der Waals surface area contributed by atoms with Crippen molar-refractivity contribution in [1.29, 1.82) is 0 Å². The summed E-state index contributed by atoms with van der Waals surface area (Å²) in [6, 6.07) is 5.95. The topological polar surface area (TPSA) is 26.3 Å². The van der Waals surface area contributed by atoms with Gasteiger partial charge in [0.05, 0.1) is 12.2 Å². The molecule has 2 aliphatic rings. The maximum absolute atomic E-state index is 12.5. The van der Waals surface area contributed by atoms with Gasteiger partial charge >= 0.3 is 0 Å². The standard InChI is InChI=1S/C16H18O2/c17-15(12-6-2-1-3-7-12)14-10-4-8-13-9-5-11-18-16(13)14/h4,6,8,10H,1-3,5,7,9,11H2. The van der Waals surface area contributed by atoms with Crippen LogP contribution < -0.4 is 4.74 Å². The quantitative estimate of drug-likeness (QED) is 0.739. The number of fused-ring (bicyclic) bond motifs is 1. The lowest BCUT2D eigenvalue weighted by atomic mass is 9.91. The van der Waals surface area contributed by atoms with E-state index in [1.807, 2.05) is 12.1 Å². The van der Waals surface area contributed by atoms with Crippen molar-refractivity contribution < 1.29 is 9.53 Å². The smallest absolute Gasteiger partial charge is 0.192 e. The molecule has 1 heterocycles. The molecule has 3 rings (SSSR count). The van der Waals surface area contributed by atoms with Crippen molar-refractivity contribution in [3.63, 3.8) is 0 Å². The zero-order chi connectivity index (χ0) is 12.4. The van der Waals surface area contributed by atoms with Crippen LogP contribution in [0.3, 0.4) is 0 Å². The number of Topliss-reactive ketones (excluding diaryl/α,β-unsaturated/α-hetero) is 1. The SMILES string of the molecule is O=C(C1=CCCCC1)c1cccc2c1OCCC2. The van der Waals surface area contributed by atoms with Gasteiger partial charge in [0, 0.05) is 0 Å². The summed E-state index contributed by atoms with van der Waals surface area (Å²) in [5.41, 5.74) is 2.92. The first-order valence-corrected chi connectivity index (χ1v) is 6.84. The second kappa shape index (κ2) is 4.97. The highest BCUT2D eigenvalue weighted by Crippen LogP contribution is 2.32. The van der Waals surface area contributed by atoms with E-state index >= 15 is 0 Å². The lowest BCUT2D eigenvalue weighted by Crippen LogP contribution is -2.14. The molecule has 0 radical (unpaired) electrons. The Morgan fingerprint density at radius 2 is 2.06 bits per heavy atom. The van der Waals surface area contributed by atoms with E-state index in [-0.39, 0.29) is 5.78 Å². The van der Waals surface area contributed by atoms with Crippen LogP contribution >= 0.6 is 0 Å². The first kappa shape index (κ1) is 11.5. The number of carbonyl (C=O) groups excluding carboxylic acids is 1. The van der Waals surface area contributed by atoms with E-state index in [0.29, 0.717) is 0 Å². The van der Waals surface area contributed by atoms with Gasteiger partial charge in [-0.15, -0.1) is 0 Å². The minimum absolute atomic E-state index is 0.174. The van der Waals surface area contributed by atoms with Gasteiger partial charge in [-0.1, -0.05) is 18.2 Å². The highest BCUT2D eigenvalue weighted by Gasteiger charge is 2.22. The molecule has 1 aliphatic carbocycles. The highest BCUT2D eigenvalue weighted by molar-refractivity contribution is 6.10. The summed E-state index contributed by atoms with van der Waals surface area (Å²) in [6.07, 6.45) is 8.48. The van der Waals surface area contributed by atoms with Gasteiger partial charge in [-0.3, -0.25) is 4.79 Å². The largest absolute Gasteiger partial charge is 0.493 e. The average Bonchev–Trinajstić information content (AvgIpc) is 2.47. The fourth-order valence-corrected chi connectivity index (χ4v) is 2.79. The van der Waals surface area contributed by atoms with Gasteiger partial charge in [0.15, 0.2) is 5.78 Å². The van der Waals surface area contributed by atoms with Crippen LogP contribution in [0, 0.1) is 0 Å². The number of rotatable bonds is 2. The number of ether oxygens (including phenoxy) is 1. The molecule has 0 amide bonds. The Kier molecular flexibility index (Phi) is 3.18. The third kappa shape index (κ3) is 2.07. The molecule has 1 aromatic carbocycles. The third-order valence-corrected chi connectivity index (χ3v) is 3.76. The third-order valence-electron chi connectivity index (χ3n) is 3.76. The first-order valence-electron chi connectivity index (χ1n) is 6.84. The minimum Gasteiger partial charge on any atom is -0.493 e. The van der Waals surface area contributed by atoms with Crippen LogP contribution in [0.5, 0.6) is 5.75 Å². The van der Waals surface area contributed by atoms with Crippen LogP contribution in [0.15, 0.2) is 29.8 Å². The Balaban J connectivity index is 1.96. The zero-order valence-electron chi connectivity index (χ0n) is 10.6. The summed E-state index contributed by atoms with van der Waals surface area (Å²) in [4.78, 5) is 12.5. The summed E-state index contributed by atoms with van der Waals surface area (Å²) in [7, 11) is 0. The summed E-state index contributed by atoms with van der Waals surface area (Å²) < 4.78 is 5.72. The maximum atomic E-state index is 12.5. The van der Waals surface area contributed by atoms with Crippen molar-refractivity contribution in [1.82, 2.24) is 0 Å². The molecule has 18 heavy (non-hydrogen) atoms. The van der Waals surface area contributed by atoms with E-state index in [0.717, 1.165) is 55.6 Å². The lowest BCUT2D eigenvalue weighted by Gasteiger charge is -2.21. The van der Waals surface area contributed by atoms with Crippen molar-refractivity contribution in [2.45, 2.75) is 38.5 Å². The van der Waals surface area contributed by atoms with E-state index in [4.69, 9.17) is 4.74 Å². The van der Waals surface area contributed by atoms with Crippen LogP contribution in [-0.4, -0.2) is 12.4 Å². The number of ketones is 1. The highest BCUT2D eigenvalue weighted by atomic mass is 16.5. The molecule has 1 aromatic rings. The minimum atomic E-state index is 0.174. The van der Waals surface area contributed by atoms with Crippen molar-refractivity contribution in [3.05, 3.63) is 41.0 Å². The van der Waals surface area contributed by atoms with Crippen LogP contribution in [0.25, 0.3) is 0 Å². The number of allylic oxidation sites excluding steroid dienone is 2. The van der Waals surface area contributed by atoms with Gasteiger partial charge in [0.1, 0.15) is 5.75 Å². The van der Waals surface area contributed by atoms with E-state index in [1.165, 1.54) is 12.0 Å². The number of para-hydroxylation sites is 1. The van der Waals surface area contributed by atoms with Crippen LogP contribution in [0.4, 0.5) is 0 Å². The van der Waals surface area contributed by atoms with E-state index in [9.17, 15) is 4.79 Å². The van der Waals surface area contributed by atoms with Crippen molar-refractivity contribution >= 4 is 5.78 Å². The maximum Gasteiger partial charge on any atom is 0.192 e. The molecule has 0 spiro atoms. The van der Waals surface area contributed by atoms with Gasteiger partial charge in [-0.05, 0) is 55.7 Å². The summed E-state index contributed by atoms with van der Waals surface area (Å²) in [5.74, 6) is 1.01. The lowest BCUT2D eigenvalue weighted by molar-refractivity contribution is 0.102. The van der Waals surface area contributed by atoms with E-state index in [2.05, 4.69) is 12.1 Å². The number of hydrogen-bond donors (Lipinski definition) is 0. The molecule has 94 valence electrons. The predicted molar refractivity (Wildman–Crippen MR) is 71.1 cm³/mol. The zero-order valence-corrected chi connectivity index (χ0v) is 10.6. The second-order valence-electron chi connectivity index (χ2n) is 5.05. The van der Waals surface area contributed by atoms with E-state index < -0.39 is 0 Å². The van der Waals surface area contributed by atoms with Crippen LogP contribution in [-0.2, 0) is 6.42 Å². The summed E-state index contributed by atoms with van der Waals surface area (Å²) >= 11 is 0. The Bertz CT molecular complexity index is 500. The Morgan fingerprint density at radius 3 is 2.89 bits per heavy atom. The van der Waals surface area contributed by atoms with Gasteiger partial charge in [-0.25, -0.2) is 0 Å². The monoisotopic (exact) mass is 242 g/mol. The molecule has 0 bridgehead atoms. The molecule has 0 saturated carbocycles. The molecule has 0 saturated heterocycles. The molecule has 2 nitrogen and oxygen atoms in total. The van der Waals surface area contributed by atoms with Gasteiger partial charge < -0.3 is 4.74 Å². The van der Waals surface area contributed by atoms with Gasteiger partial charge in [0.2, 0.25) is 0 Å². The fourth-order valence-electron chi connectivity index (χ4n) is 2.79. The molecule has 1 aliphatic heterocycles. The second-order valence-corrected chi connectivity index (χ2v) is 5.05. The number of aryl methyl sites for hydroxylation is 1. The molecule has 0 aromatic heterocycles. The van der Waals surface area contributed by atoms with E-state index in [1.54, 1.807) is 0 Å². The average molecular weight is 242 g/mol. The number of benzene rings is 1. The molecular formula is C16H18O2. The van der Waals surface area contributed by atoms with Gasteiger partial charge in [0.25, 0.3) is 0 Å². The van der Waals surface area contributed by atoms with Crippen LogP contribution in [0.1, 0.15) is 48.0 Å². The number of hydrogen-bond acceptors (Lipinski definition) is 2. The molecular weight excluding hydrogens is 224 g/mol. The Hall–Kier alpha value is -1.57. The Morgan fingerprint density at radius 1 is 1.11 bits per heavy atom. The predicted octanol–water partition coefficient (Wildman–Crippen LogP) is 3.69. The summed E-state index contributed by atoms with van der Waals surface area (Å²) in [5, 5.41) is 0. The van der Waals surface area contributed by atoms with Crippen LogP contribution in [0.2, 0.25) is 0 Å². The first-order chi connectivity index (χ1) is 8.86. The van der Waals surface area contributed by atoms with Crippen molar-refractivity contribution in [2.75, 3.05) is 6.61 Å². The molecule has 2 heteroatoms. The fraction of sp³-hybridized carbons (Fsp3) is 0.438. The van der Waals surface area contributed by atoms with Crippen molar-refractivity contribution in [3.8, 4) is 5.75 Å². The molecule has 0 atom stereocenters. The normalized spacial score (nSPS) is 18.6.